The van der Waals surface area contributed by atoms with Gasteiger partial charge in [0.25, 0.3) is 0 Å². The fourth-order valence-corrected chi connectivity index (χ4v) is 2.36. The molecule has 0 aliphatic rings. The van der Waals surface area contributed by atoms with Crippen molar-refractivity contribution in [1.29, 1.82) is 0 Å². The van der Waals surface area contributed by atoms with E-state index in [1.165, 1.54) is 16.7 Å². The van der Waals surface area contributed by atoms with Gasteiger partial charge in [-0.2, -0.15) is 0 Å². The third-order valence-electron chi connectivity index (χ3n) is 3.37. The summed E-state index contributed by atoms with van der Waals surface area (Å²) in [6.07, 6.45) is 2.21. The Bertz CT molecular complexity index is 490. The van der Waals surface area contributed by atoms with Gasteiger partial charge >= 0.3 is 0 Å². The van der Waals surface area contributed by atoms with E-state index in [4.69, 9.17) is 0 Å². The maximum absolute atomic E-state index is 3.66. The number of rotatable bonds is 6. The molecule has 0 aromatic heterocycles. The highest BCUT2D eigenvalue weighted by atomic mass is 14.9. The molecule has 0 bridgehead atoms. The van der Waals surface area contributed by atoms with E-state index in [-0.39, 0.29) is 0 Å². The highest BCUT2D eigenvalue weighted by Gasteiger charge is 2.11. The van der Waals surface area contributed by atoms with Gasteiger partial charge in [-0.15, -0.1) is 0 Å². The minimum atomic E-state index is 0.405. The molecule has 19 heavy (non-hydrogen) atoms. The molecule has 0 spiro atoms. The molecule has 0 amide bonds. The second kappa shape index (κ2) is 7.10. The zero-order chi connectivity index (χ0) is 13.5. The van der Waals surface area contributed by atoms with Crippen LogP contribution in [-0.2, 0) is 6.42 Å². The van der Waals surface area contributed by atoms with Crippen molar-refractivity contribution >= 4 is 0 Å². The van der Waals surface area contributed by atoms with Crippen LogP contribution in [0.5, 0.6) is 0 Å². The van der Waals surface area contributed by atoms with Crippen LogP contribution < -0.4 is 5.32 Å². The molecule has 0 radical (unpaired) electrons. The number of hydrogen-bond acceptors (Lipinski definition) is 1. The van der Waals surface area contributed by atoms with Crippen molar-refractivity contribution in [3.63, 3.8) is 0 Å². The van der Waals surface area contributed by atoms with E-state index in [1.807, 2.05) is 0 Å². The standard InChI is InChI=1S/C18H23N/c1-3-12-19-18(14-16-9-5-4-6-10-16)17-11-7-8-15(2)13-17/h4-11,13,18-19H,3,12,14H2,1-2H3. The summed E-state index contributed by atoms with van der Waals surface area (Å²) in [5, 5.41) is 3.66. The van der Waals surface area contributed by atoms with Crippen LogP contribution >= 0.6 is 0 Å². The van der Waals surface area contributed by atoms with E-state index in [0.29, 0.717) is 6.04 Å². The summed E-state index contributed by atoms with van der Waals surface area (Å²) in [5.41, 5.74) is 4.10. The first-order valence-corrected chi connectivity index (χ1v) is 7.13. The van der Waals surface area contributed by atoms with Crippen LogP contribution in [0.2, 0.25) is 0 Å². The monoisotopic (exact) mass is 253 g/mol. The molecule has 0 saturated carbocycles. The van der Waals surface area contributed by atoms with Gasteiger partial charge in [-0.05, 0) is 37.4 Å². The zero-order valence-electron chi connectivity index (χ0n) is 11.9. The Kier molecular flexibility index (Phi) is 5.17. The van der Waals surface area contributed by atoms with Crippen LogP contribution in [0.25, 0.3) is 0 Å². The molecule has 0 aliphatic heterocycles. The molecule has 1 unspecified atom stereocenters. The summed E-state index contributed by atoms with van der Waals surface area (Å²) in [7, 11) is 0. The van der Waals surface area contributed by atoms with Gasteiger partial charge in [-0.25, -0.2) is 0 Å². The van der Waals surface area contributed by atoms with Crippen LogP contribution in [0.3, 0.4) is 0 Å². The highest BCUT2D eigenvalue weighted by molar-refractivity contribution is 5.27. The van der Waals surface area contributed by atoms with Crippen LogP contribution in [0.15, 0.2) is 54.6 Å². The van der Waals surface area contributed by atoms with E-state index < -0.39 is 0 Å². The Morgan fingerprint density at radius 2 is 1.79 bits per heavy atom. The Balaban J connectivity index is 2.16. The van der Waals surface area contributed by atoms with Crippen molar-refractivity contribution in [3.8, 4) is 0 Å². The van der Waals surface area contributed by atoms with Crippen LogP contribution in [0.1, 0.15) is 36.1 Å². The van der Waals surface area contributed by atoms with Crippen LogP contribution in [0, 0.1) is 6.92 Å². The molecule has 0 heterocycles. The van der Waals surface area contributed by atoms with Gasteiger partial charge in [-0.1, -0.05) is 67.1 Å². The summed E-state index contributed by atoms with van der Waals surface area (Å²) >= 11 is 0. The van der Waals surface area contributed by atoms with E-state index >= 15 is 0 Å². The Hall–Kier alpha value is -1.60. The summed E-state index contributed by atoms with van der Waals surface area (Å²) in [5.74, 6) is 0. The molecule has 2 aromatic carbocycles. The van der Waals surface area contributed by atoms with Gasteiger partial charge < -0.3 is 5.32 Å². The lowest BCUT2D eigenvalue weighted by molar-refractivity contribution is 0.529. The number of benzene rings is 2. The van der Waals surface area contributed by atoms with Crippen molar-refractivity contribution in [3.05, 3.63) is 71.3 Å². The minimum absolute atomic E-state index is 0.405. The summed E-state index contributed by atoms with van der Waals surface area (Å²) < 4.78 is 0. The largest absolute Gasteiger partial charge is 0.310 e. The first-order chi connectivity index (χ1) is 9.29. The Morgan fingerprint density at radius 1 is 1.00 bits per heavy atom. The number of aryl methyl sites for hydroxylation is 1. The fraction of sp³-hybridized carbons (Fsp3) is 0.333. The zero-order valence-corrected chi connectivity index (χ0v) is 11.9. The summed E-state index contributed by atoms with van der Waals surface area (Å²) in [6, 6.07) is 19.9. The van der Waals surface area contributed by atoms with Gasteiger partial charge in [0.15, 0.2) is 0 Å². The molecule has 0 fully saturated rings. The van der Waals surface area contributed by atoms with Crippen LogP contribution in [0.4, 0.5) is 0 Å². The maximum atomic E-state index is 3.66. The lowest BCUT2D eigenvalue weighted by atomic mass is 9.97. The molecular formula is C18H23N. The third-order valence-corrected chi connectivity index (χ3v) is 3.37. The predicted molar refractivity (Wildman–Crippen MR) is 82.4 cm³/mol. The smallest absolute Gasteiger partial charge is 0.0360 e. The molecule has 0 saturated heterocycles. The molecule has 1 N–H and O–H groups in total. The van der Waals surface area contributed by atoms with Crippen LogP contribution in [-0.4, -0.2) is 6.54 Å². The normalized spacial score (nSPS) is 12.3. The lowest BCUT2D eigenvalue weighted by Gasteiger charge is -2.19. The van der Waals surface area contributed by atoms with Gasteiger partial charge in [0.2, 0.25) is 0 Å². The SMILES string of the molecule is CCCNC(Cc1ccccc1)c1cccc(C)c1. The predicted octanol–water partition coefficient (Wildman–Crippen LogP) is 4.28. The molecule has 0 aliphatic carbocycles. The van der Waals surface area contributed by atoms with Crippen molar-refractivity contribution < 1.29 is 0 Å². The average Bonchev–Trinajstić information content (AvgIpc) is 2.44. The molecule has 2 aromatic rings. The third kappa shape index (κ3) is 4.22. The molecule has 2 rings (SSSR count). The lowest BCUT2D eigenvalue weighted by Crippen LogP contribution is -2.24. The maximum Gasteiger partial charge on any atom is 0.0360 e. The van der Waals surface area contributed by atoms with E-state index in [0.717, 1.165) is 19.4 Å². The average molecular weight is 253 g/mol. The summed E-state index contributed by atoms with van der Waals surface area (Å²) in [4.78, 5) is 0. The second-order valence-corrected chi connectivity index (χ2v) is 5.11. The number of nitrogens with one attached hydrogen (secondary N) is 1. The first kappa shape index (κ1) is 13.8. The van der Waals surface area contributed by atoms with Crippen molar-refractivity contribution in [2.45, 2.75) is 32.7 Å². The molecule has 1 heteroatoms. The van der Waals surface area contributed by atoms with Gasteiger partial charge in [0.05, 0.1) is 0 Å². The molecular weight excluding hydrogens is 230 g/mol. The minimum Gasteiger partial charge on any atom is -0.310 e. The Morgan fingerprint density at radius 3 is 2.47 bits per heavy atom. The molecule has 1 atom stereocenters. The van der Waals surface area contributed by atoms with Crippen molar-refractivity contribution in [1.82, 2.24) is 5.32 Å². The first-order valence-electron chi connectivity index (χ1n) is 7.13. The van der Waals surface area contributed by atoms with Crippen molar-refractivity contribution in [2.75, 3.05) is 6.54 Å². The van der Waals surface area contributed by atoms with Crippen molar-refractivity contribution in [2.24, 2.45) is 0 Å². The molecule has 1 nitrogen and oxygen atoms in total. The Labute approximate surface area is 116 Å². The summed E-state index contributed by atoms with van der Waals surface area (Å²) in [6.45, 7) is 5.43. The molecule has 100 valence electrons. The van der Waals surface area contributed by atoms with Gasteiger partial charge in [-0.3, -0.25) is 0 Å². The fourth-order valence-electron chi connectivity index (χ4n) is 2.36. The quantitative estimate of drug-likeness (QED) is 0.810. The second-order valence-electron chi connectivity index (χ2n) is 5.11. The topological polar surface area (TPSA) is 12.0 Å². The highest BCUT2D eigenvalue weighted by Crippen LogP contribution is 2.19. The van der Waals surface area contributed by atoms with Gasteiger partial charge in [0, 0.05) is 6.04 Å². The van der Waals surface area contributed by atoms with E-state index in [2.05, 4.69) is 73.8 Å². The van der Waals surface area contributed by atoms with E-state index in [1.54, 1.807) is 0 Å². The van der Waals surface area contributed by atoms with Gasteiger partial charge in [0.1, 0.15) is 0 Å². The van der Waals surface area contributed by atoms with E-state index in [9.17, 15) is 0 Å². The number of hydrogen-bond donors (Lipinski definition) is 1.